The highest BCUT2D eigenvalue weighted by Gasteiger charge is 2.43. The van der Waals surface area contributed by atoms with Crippen molar-refractivity contribution >= 4 is 64.7 Å². The van der Waals surface area contributed by atoms with Gasteiger partial charge in [-0.25, -0.2) is 38.6 Å². The summed E-state index contributed by atoms with van der Waals surface area (Å²) in [6.07, 6.45) is 8.69. The number of para-hydroxylation sites is 1. The molecular formula is C57H78N12O12. The number of nitrogens with one attached hydrogen (secondary N) is 7. The van der Waals surface area contributed by atoms with E-state index in [9.17, 15) is 33.6 Å². The summed E-state index contributed by atoms with van der Waals surface area (Å²) in [5.41, 5.74) is 6.67. The van der Waals surface area contributed by atoms with Gasteiger partial charge in [0.2, 0.25) is 17.7 Å². The van der Waals surface area contributed by atoms with E-state index in [4.69, 9.17) is 26.4 Å². The Labute approximate surface area is 472 Å². The smallest absolute Gasteiger partial charge is 0.419 e. The topological polar surface area (TPSA) is 320 Å². The summed E-state index contributed by atoms with van der Waals surface area (Å²) >= 11 is 0. The number of carbonyl (C=O) groups excluding carboxylic acids is 9. The molecule has 0 saturated heterocycles. The summed E-state index contributed by atoms with van der Waals surface area (Å²) in [5, 5.41) is 14.8. The number of hydrogen-bond donors (Lipinski definition) is 8. The van der Waals surface area contributed by atoms with Crippen LogP contribution in [0.5, 0.6) is 0 Å². The van der Waals surface area contributed by atoms with Crippen LogP contribution in [-0.2, 0) is 57.4 Å². The molecule has 0 spiro atoms. The maximum Gasteiger partial charge on any atom is 0.419 e. The lowest BCUT2D eigenvalue weighted by atomic mass is 10.0. The summed E-state index contributed by atoms with van der Waals surface area (Å²) in [6.45, 7) is 20.0. The van der Waals surface area contributed by atoms with Gasteiger partial charge in [0.1, 0.15) is 59.9 Å². The van der Waals surface area contributed by atoms with Gasteiger partial charge in [0.15, 0.2) is 0 Å². The van der Waals surface area contributed by atoms with Crippen molar-refractivity contribution in [2.45, 2.75) is 155 Å². The molecular weight excluding hydrogens is 1040 g/mol. The summed E-state index contributed by atoms with van der Waals surface area (Å²) in [6, 6.07) is 7.15. The highest BCUT2D eigenvalue weighted by molar-refractivity contribution is 6.02. The average Bonchev–Trinajstić information content (AvgIpc) is 4.05. The van der Waals surface area contributed by atoms with Crippen LogP contribution in [0.2, 0.25) is 0 Å². The number of fused-ring (bicyclic) bond motifs is 1. The zero-order valence-corrected chi connectivity index (χ0v) is 47.8. The molecule has 81 heavy (non-hydrogen) atoms. The number of nitrogens with two attached hydrogens (primary N) is 1. The second-order valence-electron chi connectivity index (χ2n) is 22.1. The van der Waals surface area contributed by atoms with Gasteiger partial charge in [0, 0.05) is 49.1 Å². The predicted molar refractivity (Wildman–Crippen MR) is 301 cm³/mol. The number of urea groups is 1. The third-order valence-electron chi connectivity index (χ3n) is 11.6. The fourth-order valence-corrected chi connectivity index (χ4v) is 7.91. The Kier molecular flexibility index (Phi) is 23.6. The first-order valence-corrected chi connectivity index (χ1v) is 26.4. The van der Waals surface area contributed by atoms with Crippen molar-refractivity contribution < 1.29 is 57.4 Å². The van der Waals surface area contributed by atoms with Crippen LogP contribution in [0.25, 0.3) is 10.9 Å². The molecule has 4 rings (SSSR count). The molecule has 4 aromatic rings. The Balaban J connectivity index is 1.71. The van der Waals surface area contributed by atoms with Gasteiger partial charge < -0.3 is 51.5 Å². The molecule has 0 aliphatic carbocycles. The molecule has 0 radical (unpaired) electrons. The molecule has 9 N–H and O–H groups in total. The Hall–Kier alpha value is -8.72. The Morgan fingerprint density at radius 3 is 2.06 bits per heavy atom. The Morgan fingerprint density at radius 1 is 0.778 bits per heavy atom. The van der Waals surface area contributed by atoms with Gasteiger partial charge in [-0.2, -0.15) is 0 Å². The molecule has 0 aliphatic heterocycles. The van der Waals surface area contributed by atoms with Crippen molar-refractivity contribution in [3.05, 3.63) is 103 Å². The van der Waals surface area contributed by atoms with Crippen LogP contribution in [0.3, 0.4) is 0 Å². The first-order valence-electron chi connectivity index (χ1n) is 26.4. The number of ether oxygens (including phenoxy) is 3. The fraction of sp³-hybridized carbons (Fsp3) is 0.474. The van der Waals surface area contributed by atoms with Crippen LogP contribution in [-0.4, -0.2) is 145 Å². The zero-order chi connectivity index (χ0) is 60.2. The van der Waals surface area contributed by atoms with Gasteiger partial charge in [-0.05, 0) is 112 Å². The highest BCUT2D eigenvalue weighted by Crippen LogP contribution is 2.24. The number of carbonyl (C=O) groups is 9. The second-order valence-corrected chi connectivity index (χ2v) is 22.1. The van der Waals surface area contributed by atoms with E-state index >= 15 is 9.59 Å². The lowest BCUT2D eigenvalue weighted by molar-refractivity contribution is -0.142. The number of unbranched alkanes of at least 4 members (excludes halogenated alkanes) is 1. The highest BCUT2D eigenvalue weighted by atomic mass is 16.6. The SMILES string of the molecule is C#CCN(NC(=O)[C@H](C)NC(=O)[C@@H](Cc1c[nH]c2ccccc12)N(C(=O)OC(C)(C)C)C(=O)[C@H](Cc1cn(C(=O)OC(C)(C)C)cn1)NC(=O)OC(C)(C)C)C(=O)N[C@H](Cc1ccccc1)C(=O)N[C@@H](CCCCNCC=C)C(N)=O. The van der Waals surface area contributed by atoms with Crippen molar-refractivity contribution in [1.29, 1.82) is 0 Å². The molecule has 0 aliphatic rings. The number of hydrogen-bond acceptors (Lipinski definition) is 14. The molecule has 9 amide bonds. The van der Waals surface area contributed by atoms with E-state index in [2.05, 4.69) is 54.5 Å². The number of terminal acetylenes is 1. The molecule has 5 atom stereocenters. The third-order valence-corrected chi connectivity index (χ3v) is 11.6. The number of imidazole rings is 1. The third kappa shape index (κ3) is 21.5. The molecule has 2 aromatic heterocycles. The van der Waals surface area contributed by atoms with E-state index in [1.807, 2.05) is 0 Å². The number of H-pyrrole nitrogens is 1. The maximum absolute atomic E-state index is 15.3. The van der Waals surface area contributed by atoms with E-state index in [1.54, 1.807) is 108 Å². The van der Waals surface area contributed by atoms with E-state index in [0.717, 1.165) is 10.9 Å². The van der Waals surface area contributed by atoms with Gasteiger partial charge in [-0.15, -0.1) is 13.0 Å². The summed E-state index contributed by atoms with van der Waals surface area (Å²) in [4.78, 5) is 134. The van der Waals surface area contributed by atoms with Crippen LogP contribution in [0.15, 0.2) is 86.0 Å². The van der Waals surface area contributed by atoms with Crippen molar-refractivity contribution in [3.8, 4) is 12.3 Å². The number of aromatic nitrogens is 3. The van der Waals surface area contributed by atoms with Crippen LogP contribution in [0, 0.1) is 12.3 Å². The summed E-state index contributed by atoms with van der Waals surface area (Å²) in [7, 11) is 0. The molecule has 0 fully saturated rings. The first kappa shape index (κ1) is 64.8. The number of nitrogens with zero attached hydrogens (tertiary/aromatic N) is 4. The normalized spacial score (nSPS) is 13.3. The standard InChI is InChI=1S/C57H78N12O12/c1-13-27-59-28-21-20-26-42(46(58)70)63-48(72)43(30-37-22-16-15-17-23-37)64-51(75)68(29-14-2)66-47(71)36(3)62-49(73)45(31-38-33-60-41-25-19-18-24-40(38)41)69(54(78)81-57(10,11)12)50(74)44(65-52(76)79-55(4,5)6)32-39-34-67(35-61-39)53(77)80-56(7,8)9/h2,13,15-19,22-25,33-36,42-45,59-60H,1,20-21,26-32H2,3-12H3,(H2,58,70)(H,62,73)(H,63,72)(H,64,75)(H,65,76)(H,66,71)/t36-,42-,43+,44-,45+/m0/s1. The van der Waals surface area contributed by atoms with Gasteiger partial charge in [0.25, 0.3) is 11.8 Å². The van der Waals surface area contributed by atoms with Crippen LogP contribution in [0.4, 0.5) is 19.2 Å². The van der Waals surface area contributed by atoms with Crippen LogP contribution < -0.4 is 37.7 Å². The maximum atomic E-state index is 15.3. The zero-order valence-electron chi connectivity index (χ0n) is 47.8. The number of imide groups is 1. The van der Waals surface area contributed by atoms with Gasteiger partial charge in [0.05, 0.1) is 5.69 Å². The number of benzene rings is 2. The minimum atomic E-state index is -1.84. The molecule has 0 saturated carbocycles. The minimum absolute atomic E-state index is 0.0617. The summed E-state index contributed by atoms with van der Waals surface area (Å²) < 4.78 is 17.8. The Morgan fingerprint density at radius 2 is 1.43 bits per heavy atom. The van der Waals surface area contributed by atoms with Crippen molar-refractivity contribution in [1.82, 2.24) is 56.5 Å². The lowest BCUT2D eigenvalue weighted by Crippen LogP contribution is -2.62. The van der Waals surface area contributed by atoms with Crippen LogP contribution in [0.1, 0.15) is 105 Å². The molecule has 438 valence electrons. The van der Waals surface area contributed by atoms with Gasteiger partial charge in [-0.3, -0.25) is 29.4 Å². The second kappa shape index (κ2) is 29.5. The fourth-order valence-electron chi connectivity index (χ4n) is 7.91. The number of aromatic amines is 1. The molecule has 0 bridgehead atoms. The largest absolute Gasteiger partial charge is 0.444 e. The van der Waals surface area contributed by atoms with E-state index in [0.29, 0.717) is 57.9 Å². The molecule has 24 heteroatoms. The van der Waals surface area contributed by atoms with Crippen molar-refractivity contribution in [2.24, 2.45) is 5.73 Å². The number of alkyl carbamates (subject to hydrolysis) is 1. The number of rotatable bonds is 24. The number of amides is 9. The molecule has 24 nitrogen and oxygen atoms in total. The minimum Gasteiger partial charge on any atom is -0.444 e. The van der Waals surface area contributed by atoms with E-state index in [1.165, 1.54) is 33.9 Å². The van der Waals surface area contributed by atoms with E-state index < -0.39 is 114 Å². The number of hydrazine groups is 1. The summed E-state index contributed by atoms with van der Waals surface area (Å²) in [5.74, 6) is -2.51. The first-order chi connectivity index (χ1) is 38.0. The van der Waals surface area contributed by atoms with Crippen molar-refractivity contribution in [2.75, 3.05) is 19.6 Å². The lowest BCUT2D eigenvalue weighted by Gasteiger charge is -2.34. The predicted octanol–water partition coefficient (Wildman–Crippen LogP) is 4.67. The quantitative estimate of drug-likeness (QED) is 0.0156. The molecule has 2 aromatic carbocycles. The number of primary amides is 1. The van der Waals surface area contributed by atoms with Crippen LogP contribution >= 0.6 is 0 Å². The van der Waals surface area contributed by atoms with Crippen molar-refractivity contribution in [3.63, 3.8) is 0 Å². The monoisotopic (exact) mass is 1120 g/mol. The molecule has 2 heterocycles. The molecule has 0 unspecified atom stereocenters. The van der Waals surface area contributed by atoms with Gasteiger partial charge in [-0.1, -0.05) is 60.5 Å². The Bertz CT molecular complexity index is 2890. The van der Waals surface area contributed by atoms with Gasteiger partial charge >= 0.3 is 24.3 Å². The van der Waals surface area contributed by atoms with E-state index in [-0.39, 0.29) is 25.0 Å². The average molecular weight is 1120 g/mol.